The topological polar surface area (TPSA) is 94.3 Å². The molecule has 7 nitrogen and oxygen atoms in total. The zero-order valence-corrected chi connectivity index (χ0v) is 17.5. The van der Waals surface area contributed by atoms with Crippen molar-refractivity contribution in [3.8, 4) is 0 Å². The number of para-hydroxylation sites is 1. The molecule has 10 heteroatoms. The number of nitrogens with zero attached hydrogens (tertiary/aromatic N) is 2. The third kappa shape index (κ3) is 5.72. The van der Waals surface area contributed by atoms with Crippen LogP contribution in [-0.4, -0.2) is 28.6 Å². The molecule has 3 rings (SSSR count). The summed E-state index contributed by atoms with van der Waals surface area (Å²) in [6, 6.07) is 9.83. The molecule has 0 saturated carbocycles. The van der Waals surface area contributed by atoms with Crippen LogP contribution in [0.3, 0.4) is 0 Å². The Morgan fingerprint density at radius 3 is 2.66 bits per heavy atom. The maximum Gasteiger partial charge on any atom is 0.341 e. The SMILES string of the molecule is Cc1cc(CSc2ncccc2C(=O)OCC(=O)Nc2c(Cl)cccc2Cl)no1. The summed E-state index contributed by atoms with van der Waals surface area (Å²) in [4.78, 5) is 28.7. The van der Waals surface area contributed by atoms with Gasteiger partial charge in [-0.1, -0.05) is 46.2 Å². The van der Waals surface area contributed by atoms with Crippen LogP contribution in [0, 0.1) is 6.92 Å². The lowest BCUT2D eigenvalue weighted by molar-refractivity contribution is -0.119. The number of aryl methyl sites for hydroxylation is 1. The van der Waals surface area contributed by atoms with Gasteiger partial charge in [-0.05, 0) is 31.2 Å². The fourth-order valence-corrected chi connectivity index (χ4v) is 3.65. The summed E-state index contributed by atoms with van der Waals surface area (Å²) in [6.45, 7) is 1.30. The summed E-state index contributed by atoms with van der Waals surface area (Å²) in [6.07, 6.45) is 1.57. The Morgan fingerprint density at radius 1 is 1.21 bits per heavy atom. The molecule has 0 atom stereocenters. The first-order chi connectivity index (χ1) is 13.9. The van der Waals surface area contributed by atoms with Crippen LogP contribution in [0.4, 0.5) is 5.69 Å². The van der Waals surface area contributed by atoms with Gasteiger partial charge in [0.1, 0.15) is 10.8 Å². The molecule has 3 aromatic rings. The number of hydrogen-bond acceptors (Lipinski definition) is 7. The van der Waals surface area contributed by atoms with Crippen LogP contribution in [0.2, 0.25) is 10.0 Å². The minimum Gasteiger partial charge on any atom is -0.452 e. The Labute approximate surface area is 180 Å². The first-order valence-electron chi connectivity index (χ1n) is 8.35. The number of hydrogen-bond donors (Lipinski definition) is 1. The lowest BCUT2D eigenvalue weighted by Gasteiger charge is -2.10. The first kappa shape index (κ1) is 21.2. The maximum absolute atomic E-state index is 12.4. The Bertz CT molecular complexity index is 1020. The fraction of sp³-hybridized carbons (Fsp3) is 0.158. The molecule has 150 valence electrons. The summed E-state index contributed by atoms with van der Waals surface area (Å²) in [5.74, 6) is -0.0622. The van der Waals surface area contributed by atoms with Gasteiger partial charge in [0.25, 0.3) is 5.91 Å². The van der Waals surface area contributed by atoms with Gasteiger partial charge in [-0.15, -0.1) is 0 Å². The second-order valence-corrected chi connectivity index (χ2v) is 7.57. The Kier molecular flexibility index (Phi) is 7.13. The Morgan fingerprint density at radius 2 is 1.97 bits per heavy atom. The number of amides is 1. The fourth-order valence-electron chi connectivity index (χ4n) is 2.29. The predicted molar refractivity (Wildman–Crippen MR) is 110 cm³/mol. The maximum atomic E-state index is 12.4. The van der Waals surface area contributed by atoms with E-state index >= 15 is 0 Å². The summed E-state index contributed by atoms with van der Waals surface area (Å²) in [5, 5.41) is 7.47. The van der Waals surface area contributed by atoms with E-state index in [0.29, 0.717) is 16.5 Å². The molecule has 0 radical (unpaired) electrons. The van der Waals surface area contributed by atoms with E-state index in [4.69, 9.17) is 32.5 Å². The van der Waals surface area contributed by atoms with Crippen LogP contribution in [0.1, 0.15) is 21.8 Å². The van der Waals surface area contributed by atoms with E-state index in [1.54, 1.807) is 49.5 Å². The number of carbonyl (C=O) groups excluding carboxylic acids is 2. The second-order valence-electron chi connectivity index (χ2n) is 5.79. The summed E-state index contributed by atoms with van der Waals surface area (Å²) in [7, 11) is 0. The number of aromatic nitrogens is 2. The van der Waals surface area contributed by atoms with E-state index in [1.165, 1.54) is 11.8 Å². The molecule has 0 aliphatic rings. The molecule has 1 amide bonds. The van der Waals surface area contributed by atoms with Gasteiger partial charge in [0.05, 0.1) is 27.0 Å². The molecule has 1 aromatic carbocycles. The lowest BCUT2D eigenvalue weighted by atomic mass is 10.3. The van der Waals surface area contributed by atoms with Crippen molar-refractivity contribution in [3.63, 3.8) is 0 Å². The van der Waals surface area contributed by atoms with Gasteiger partial charge >= 0.3 is 5.97 Å². The molecular formula is C19H15Cl2N3O4S. The van der Waals surface area contributed by atoms with E-state index in [-0.39, 0.29) is 21.3 Å². The summed E-state index contributed by atoms with van der Waals surface area (Å²) in [5.41, 5.74) is 1.24. The molecular weight excluding hydrogens is 437 g/mol. The molecule has 2 aromatic heterocycles. The number of ether oxygens (including phenoxy) is 1. The number of carbonyl (C=O) groups is 2. The Hall–Kier alpha value is -2.55. The third-order valence-electron chi connectivity index (χ3n) is 3.59. The number of pyridine rings is 1. The van der Waals surface area contributed by atoms with Crippen LogP contribution in [0.25, 0.3) is 0 Å². The quantitative estimate of drug-likeness (QED) is 0.408. The highest BCUT2D eigenvalue weighted by Crippen LogP contribution is 2.29. The number of nitrogens with one attached hydrogen (secondary N) is 1. The third-order valence-corrected chi connectivity index (χ3v) is 5.25. The largest absolute Gasteiger partial charge is 0.452 e. The van der Waals surface area contributed by atoms with Crippen molar-refractivity contribution in [2.75, 3.05) is 11.9 Å². The van der Waals surface area contributed by atoms with Gasteiger partial charge in [-0.3, -0.25) is 4.79 Å². The highest BCUT2D eigenvalue weighted by molar-refractivity contribution is 7.98. The molecule has 0 aliphatic heterocycles. The molecule has 0 spiro atoms. The minimum atomic E-state index is -0.669. The van der Waals surface area contributed by atoms with Crippen LogP contribution < -0.4 is 5.32 Å². The average Bonchev–Trinajstić information content (AvgIpc) is 3.13. The van der Waals surface area contributed by atoms with E-state index < -0.39 is 18.5 Å². The van der Waals surface area contributed by atoms with E-state index in [2.05, 4.69) is 15.5 Å². The van der Waals surface area contributed by atoms with E-state index in [9.17, 15) is 9.59 Å². The molecule has 2 heterocycles. The number of halogens is 2. The van der Waals surface area contributed by atoms with Gasteiger partial charge in [0, 0.05) is 18.0 Å². The van der Waals surface area contributed by atoms with Crippen molar-refractivity contribution >= 4 is 52.5 Å². The molecule has 0 fully saturated rings. The van der Waals surface area contributed by atoms with Crippen molar-refractivity contribution in [1.29, 1.82) is 0 Å². The number of anilines is 1. The van der Waals surface area contributed by atoms with Crippen molar-refractivity contribution in [3.05, 3.63) is 69.7 Å². The average molecular weight is 452 g/mol. The van der Waals surface area contributed by atoms with Crippen LogP contribution in [0.5, 0.6) is 0 Å². The van der Waals surface area contributed by atoms with Crippen molar-refractivity contribution in [2.24, 2.45) is 0 Å². The van der Waals surface area contributed by atoms with Gasteiger partial charge in [-0.25, -0.2) is 9.78 Å². The number of esters is 1. The summed E-state index contributed by atoms with van der Waals surface area (Å²) < 4.78 is 10.1. The van der Waals surface area contributed by atoms with Gasteiger partial charge < -0.3 is 14.6 Å². The molecule has 0 unspecified atom stereocenters. The molecule has 0 aliphatic carbocycles. The molecule has 0 saturated heterocycles. The standard InChI is InChI=1S/C19H15Cl2N3O4S/c1-11-8-12(24-28-11)10-29-18-13(4-3-7-22-18)19(26)27-9-16(25)23-17-14(20)5-2-6-15(17)21/h2-8H,9-10H2,1H3,(H,23,25). The van der Waals surface area contributed by atoms with Crippen molar-refractivity contribution < 1.29 is 18.8 Å². The number of thioether (sulfide) groups is 1. The van der Waals surface area contributed by atoms with Crippen LogP contribution in [0.15, 0.2) is 52.1 Å². The Balaban J connectivity index is 1.60. The smallest absolute Gasteiger partial charge is 0.341 e. The zero-order valence-electron chi connectivity index (χ0n) is 15.1. The van der Waals surface area contributed by atoms with Gasteiger partial charge in [-0.2, -0.15) is 0 Å². The minimum absolute atomic E-state index is 0.251. The van der Waals surface area contributed by atoms with Crippen molar-refractivity contribution in [1.82, 2.24) is 10.1 Å². The first-order valence-corrected chi connectivity index (χ1v) is 10.1. The number of benzene rings is 1. The van der Waals surface area contributed by atoms with E-state index in [0.717, 1.165) is 5.69 Å². The monoisotopic (exact) mass is 451 g/mol. The molecule has 29 heavy (non-hydrogen) atoms. The van der Waals surface area contributed by atoms with E-state index in [1.807, 2.05) is 0 Å². The van der Waals surface area contributed by atoms with Crippen LogP contribution in [-0.2, 0) is 15.3 Å². The molecule has 0 bridgehead atoms. The van der Waals surface area contributed by atoms with Crippen LogP contribution >= 0.6 is 35.0 Å². The second kappa shape index (κ2) is 9.78. The zero-order chi connectivity index (χ0) is 20.8. The van der Waals surface area contributed by atoms with Crippen molar-refractivity contribution in [2.45, 2.75) is 17.7 Å². The normalized spacial score (nSPS) is 10.6. The highest BCUT2D eigenvalue weighted by atomic mass is 35.5. The highest BCUT2D eigenvalue weighted by Gasteiger charge is 2.17. The molecule has 1 N–H and O–H groups in total. The van der Waals surface area contributed by atoms with Gasteiger partial charge in [0.2, 0.25) is 0 Å². The predicted octanol–water partition coefficient (Wildman–Crippen LogP) is 4.77. The summed E-state index contributed by atoms with van der Waals surface area (Å²) >= 11 is 13.3. The number of rotatable bonds is 7. The van der Waals surface area contributed by atoms with Gasteiger partial charge in [0.15, 0.2) is 6.61 Å². The lowest BCUT2D eigenvalue weighted by Crippen LogP contribution is -2.21.